The highest BCUT2D eigenvalue weighted by Crippen LogP contribution is 2.15. The summed E-state index contributed by atoms with van der Waals surface area (Å²) < 4.78 is 52.6. The lowest BCUT2D eigenvalue weighted by atomic mass is 10.1. The Kier molecular flexibility index (Phi) is 4.54. The van der Waals surface area contributed by atoms with Crippen LogP contribution in [0.4, 0.5) is 14.5 Å². The summed E-state index contributed by atoms with van der Waals surface area (Å²) in [6, 6.07) is 9.25. The van der Waals surface area contributed by atoms with Crippen molar-refractivity contribution in [2.24, 2.45) is 0 Å². The van der Waals surface area contributed by atoms with E-state index in [1.165, 1.54) is 0 Å². The Balaban J connectivity index is 2.04. The molecule has 0 radical (unpaired) electrons. The number of nitrogens with one attached hydrogen (secondary N) is 1. The van der Waals surface area contributed by atoms with Gasteiger partial charge >= 0.3 is 0 Å². The van der Waals surface area contributed by atoms with Crippen molar-refractivity contribution in [2.45, 2.75) is 11.3 Å². The number of halogens is 2. The van der Waals surface area contributed by atoms with Gasteiger partial charge in [-0.25, -0.2) is 21.9 Å². The largest absolute Gasteiger partial charge is 0.399 e. The van der Waals surface area contributed by atoms with Gasteiger partial charge in [0.1, 0.15) is 16.5 Å². The molecule has 0 unspecified atom stereocenters. The van der Waals surface area contributed by atoms with Gasteiger partial charge in [-0.3, -0.25) is 0 Å². The Hall–Kier alpha value is -1.99. The fourth-order valence-corrected chi connectivity index (χ4v) is 2.89. The molecule has 2 rings (SSSR count). The quantitative estimate of drug-likeness (QED) is 0.830. The van der Waals surface area contributed by atoms with Gasteiger partial charge in [-0.05, 0) is 42.3 Å². The van der Waals surface area contributed by atoms with E-state index in [0.717, 1.165) is 17.7 Å². The van der Waals surface area contributed by atoms with E-state index in [1.807, 2.05) is 0 Å². The lowest BCUT2D eigenvalue weighted by Gasteiger charge is -2.08. The summed E-state index contributed by atoms with van der Waals surface area (Å²) >= 11 is 0. The van der Waals surface area contributed by atoms with Crippen LogP contribution >= 0.6 is 0 Å². The SMILES string of the molecule is Nc1ccc(CCNS(=O)(=O)c2cc(F)ccc2F)cc1. The molecule has 2 aromatic rings. The second-order valence-electron chi connectivity index (χ2n) is 4.46. The molecule has 112 valence electrons. The zero-order valence-corrected chi connectivity index (χ0v) is 11.8. The molecule has 0 fully saturated rings. The molecule has 3 N–H and O–H groups in total. The molecule has 2 aromatic carbocycles. The smallest absolute Gasteiger partial charge is 0.243 e. The van der Waals surface area contributed by atoms with Crippen molar-refractivity contribution in [2.75, 3.05) is 12.3 Å². The van der Waals surface area contributed by atoms with E-state index in [0.29, 0.717) is 18.2 Å². The van der Waals surface area contributed by atoms with Gasteiger partial charge < -0.3 is 5.73 Å². The van der Waals surface area contributed by atoms with Crippen molar-refractivity contribution in [3.05, 3.63) is 59.7 Å². The number of anilines is 1. The summed E-state index contributed by atoms with van der Waals surface area (Å²) in [6.45, 7) is 0.0716. The normalized spacial score (nSPS) is 11.5. The lowest BCUT2D eigenvalue weighted by molar-refractivity contribution is 0.546. The predicted octanol–water partition coefficient (Wildman–Crippen LogP) is 2.07. The maximum atomic E-state index is 13.5. The first-order valence-electron chi connectivity index (χ1n) is 6.17. The van der Waals surface area contributed by atoms with Crippen LogP contribution < -0.4 is 10.5 Å². The predicted molar refractivity (Wildman–Crippen MR) is 76.1 cm³/mol. The van der Waals surface area contributed by atoms with Crippen LogP contribution in [0.5, 0.6) is 0 Å². The molecule has 0 saturated carbocycles. The summed E-state index contributed by atoms with van der Waals surface area (Å²) in [6.07, 6.45) is 0.413. The third-order valence-corrected chi connectivity index (χ3v) is 4.34. The molecule has 0 saturated heterocycles. The van der Waals surface area contributed by atoms with E-state index >= 15 is 0 Å². The number of hydrogen-bond donors (Lipinski definition) is 2. The molecule has 0 aromatic heterocycles. The molecule has 0 amide bonds. The summed E-state index contributed by atoms with van der Waals surface area (Å²) in [7, 11) is -4.08. The minimum atomic E-state index is -4.08. The van der Waals surface area contributed by atoms with Crippen molar-refractivity contribution in [1.82, 2.24) is 4.72 Å². The first-order chi connectivity index (χ1) is 9.88. The second-order valence-corrected chi connectivity index (χ2v) is 6.20. The Labute approximate surface area is 121 Å². The average Bonchev–Trinajstić information content (AvgIpc) is 2.43. The molecular formula is C14H14F2N2O2S. The first kappa shape index (κ1) is 15.4. The molecule has 21 heavy (non-hydrogen) atoms. The van der Waals surface area contributed by atoms with Crippen molar-refractivity contribution in [3.63, 3.8) is 0 Å². The first-order valence-corrected chi connectivity index (χ1v) is 7.66. The molecule has 0 aliphatic rings. The highest BCUT2D eigenvalue weighted by Gasteiger charge is 2.19. The van der Waals surface area contributed by atoms with Crippen LogP contribution in [0.25, 0.3) is 0 Å². The third kappa shape index (κ3) is 3.99. The Morgan fingerprint density at radius 2 is 1.71 bits per heavy atom. The van der Waals surface area contributed by atoms with Crippen molar-refractivity contribution >= 4 is 15.7 Å². The summed E-state index contributed by atoms with van der Waals surface area (Å²) in [5.41, 5.74) is 7.04. The van der Waals surface area contributed by atoms with Crippen LogP contribution in [0.3, 0.4) is 0 Å². The number of nitrogens with two attached hydrogens (primary N) is 1. The Morgan fingerprint density at radius 3 is 2.38 bits per heavy atom. The summed E-state index contributed by atoms with van der Waals surface area (Å²) in [4.78, 5) is -0.695. The maximum Gasteiger partial charge on any atom is 0.243 e. The molecule has 0 spiro atoms. The van der Waals surface area contributed by atoms with Gasteiger partial charge in [0.2, 0.25) is 10.0 Å². The Morgan fingerprint density at radius 1 is 1.05 bits per heavy atom. The van der Waals surface area contributed by atoms with Crippen LogP contribution in [-0.2, 0) is 16.4 Å². The monoisotopic (exact) mass is 312 g/mol. The fourth-order valence-electron chi connectivity index (χ4n) is 1.77. The minimum Gasteiger partial charge on any atom is -0.399 e. The van der Waals surface area contributed by atoms with Gasteiger partial charge in [0.25, 0.3) is 0 Å². The molecule has 0 heterocycles. The molecule has 4 nitrogen and oxygen atoms in total. The maximum absolute atomic E-state index is 13.5. The average molecular weight is 312 g/mol. The van der Waals surface area contributed by atoms with Gasteiger partial charge in [0.15, 0.2) is 0 Å². The van der Waals surface area contributed by atoms with Gasteiger partial charge in [0.05, 0.1) is 0 Å². The summed E-state index contributed by atoms with van der Waals surface area (Å²) in [5, 5.41) is 0. The van der Waals surface area contributed by atoms with Gasteiger partial charge in [-0.1, -0.05) is 12.1 Å². The molecule has 7 heteroatoms. The van der Waals surface area contributed by atoms with E-state index in [4.69, 9.17) is 5.73 Å². The molecular weight excluding hydrogens is 298 g/mol. The topological polar surface area (TPSA) is 72.2 Å². The highest BCUT2D eigenvalue weighted by molar-refractivity contribution is 7.89. The lowest BCUT2D eigenvalue weighted by Crippen LogP contribution is -2.27. The number of sulfonamides is 1. The molecule has 0 aliphatic carbocycles. The molecule has 0 bridgehead atoms. The minimum absolute atomic E-state index is 0.0716. The van der Waals surface area contributed by atoms with E-state index < -0.39 is 26.6 Å². The molecule has 0 aliphatic heterocycles. The zero-order valence-electron chi connectivity index (χ0n) is 11.0. The van der Waals surface area contributed by atoms with Crippen molar-refractivity contribution in [3.8, 4) is 0 Å². The van der Waals surface area contributed by atoms with E-state index in [1.54, 1.807) is 24.3 Å². The van der Waals surface area contributed by atoms with Crippen molar-refractivity contribution < 1.29 is 17.2 Å². The number of rotatable bonds is 5. The standard InChI is InChI=1S/C14H14F2N2O2S/c15-11-3-6-13(16)14(9-11)21(19,20)18-8-7-10-1-4-12(17)5-2-10/h1-6,9,18H,7-8,17H2. The summed E-state index contributed by atoms with van der Waals surface area (Å²) in [5.74, 6) is -1.80. The third-order valence-electron chi connectivity index (χ3n) is 2.87. The van der Waals surface area contributed by atoms with E-state index in [2.05, 4.69) is 4.72 Å². The number of nitrogen functional groups attached to an aromatic ring is 1. The van der Waals surface area contributed by atoms with Gasteiger partial charge in [-0.15, -0.1) is 0 Å². The van der Waals surface area contributed by atoms with Crippen LogP contribution in [0.15, 0.2) is 47.4 Å². The number of benzene rings is 2. The van der Waals surface area contributed by atoms with Gasteiger partial charge in [0, 0.05) is 12.2 Å². The van der Waals surface area contributed by atoms with Crippen LogP contribution in [0, 0.1) is 11.6 Å². The van der Waals surface area contributed by atoms with Crippen LogP contribution in [0.1, 0.15) is 5.56 Å². The van der Waals surface area contributed by atoms with Gasteiger partial charge in [-0.2, -0.15) is 0 Å². The van der Waals surface area contributed by atoms with E-state index in [-0.39, 0.29) is 6.54 Å². The zero-order chi connectivity index (χ0) is 15.5. The second kappa shape index (κ2) is 6.19. The van der Waals surface area contributed by atoms with Crippen molar-refractivity contribution in [1.29, 1.82) is 0 Å². The fraction of sp³-hybridized carbons (Fsp3) is 0.143. The highest BCUT2D eigenvalue weighted by atomic mass is 32.2. The van der Waals surface area contributed by atoms with E-state index in [9.17, 15) is 17.2 Å². The van der Waals surface area contributed by atoms with Crippen LogP contribution in [-0.4, -0.2) is 15.0 Å². The number of hydrogen-bond acceptors (Lipinski definition) is 3. The molecule has 0 atom stereocenters. The Bertz CT molecular complexity index is 731. The van der Waals surface area contributed by atoms with Crippen LogP contribution in [0.2, 0.25) is 0 Å².